The highest BCUT2D eigenvalue weighted by atomic mass is 15.2. The van der Waals surface area contributed by atoms with Crippen LogP contribution in [0.5, 0.6) is 0 Å². The number of nitrogens with zero attached hydrogens (tertiary/aromatic N) is 1. The Balaban J connectivity index is 1.24. The summed E-state index contributed by atoms with van der Waals surface area (Å²) in [5, 5.41) is 0. The van der Waals surface area contributed by atoms with Gasteiger partial charge in [-0.1, -0.05) is 176 Å². The van der Waals surface area contributed by atoms with Gasteiger partial charge in [0, 0.05) is 23.4 Å². The third-order valence-corrected chi connectivity index (χ3v) is 13.0. The monoisotopic (exact) mass is 737 g/mol. The summed E-state index contributed by atoms with van der Waals surface area (Å²) in [5.41, 5.74) is 24.9. The zero-order valence-corrected chi connectivity index (χ0v) is 32.3. The van der Waals surface area contributed by atoms with Crippen LogP contribution in [0.3, 0.4) is 0 Å². The second kappa shape index (κ2) is 12.6. The standard InChI is InChI=1S/C57H39N/c1-37-17-8-15-29-53(37)58(56-50-33-40-22-9-14-27-45(40)49(50)36-48(38-18-4-2-5-19-38)55(56)39-20-6-3-7-21-39)54-31-30-47-44-26-13-11-24-42(44)35-52(47)57(54)32-16-28-46-43-25-12-10-23-41(43)34-51(46)57/h2-32,34-36H,33H2,1H3. The van der Waals surface area contributed by atoms with E-state index in [0.29, 0.717) is 0 Å². The van der Waals surface area contributed by atoms with E-state index >= 15 is 0 Å². The van der Waals surface area contributed by atoms with Crippen LogP contribution in [0.2, 0.25) is 0 Å². The molecule has 1 spiro atoms. The van der Waals surface area contributed by atoms with Crippen LogP contribution in [0.15, 0.2) is 211 Å². The van der Waals surface area contributed by atoms with E-state index in [4.69, 9.17) is 0 Å². The van der Waals surface area contributed by atoms with Crippen molar-refractivity contribution in [1.29, 1.82) is 0 Å². The third-order valence-electron chi connectivity index (χ3n) is 13.0. The number of anilines is 2. The van der Waals surface area contributed by atoms with Crippen LogP contribution in [0, 0.1) is 12.3 Å². The number of rotatable bonds is 5. The molecule has 7 aromatic rings. The summed E-state index contributed by atoms with van der Waals surface area (Å²) in [6.45, 7) is 2.27. The summed E-state index contributed by atoms with van der Waals surface area (Å²) in [6, 6.07) is 60.4. The lowest BCUT2D eigenvalue weighted by Gasteiger charge is -2.47. The van der Waals surface area contributed by atoms with Crippen LogP contribution in [-0.2, 0) is 6.42 Å². The molecule has 0 aromatic heterocycles. The average molecular weight is 738 g/mol. The fourth-order valence-corrected chi connectivity index (χ4v) is 10.5. The number of benzene rings is 7. The maximum atomic E-state index is 2.68. The lowest BCUT2D eigenvalue weighted by atomic mass is 9.63. The molecule has 0 radical (unpaired) electrons. The fourth-order valence-electron chi connectivity index (χ4n) is 10.5. The first-order valence-electron chi connectivity index (χ1n) is 20.4. The van der Waals surface area contributed by atoms with E-state index < -0.39 is 5.41 Å². The number of aryl methyl sites for hydroxylation is 1. The van der Waals surface area contributed by atoms with E-state index in [1.54, 1.807) is 0 Å². The van der Waals surface area contributed by atoms with Crippen LogP contribution < -0.4 is 4.90 Å². The minimum atomic E-state index is -0.608. The van der Waals surface area contributed by atoms with Crippen LogP contribution in [0.4, 0.5) is 11.4 Å². The van der Waals surface area contributed by atoms with Gasteiger partial charge in [0.05, 0.1) is 11.1 Å². The predicted octanol–water partition coefficient (Wildman–Crippen LogP) is 14.5. The van der Waals surface area contributed by atoms with Crippen LogP contribution in [-0.4, -0.2) is 0 Å². The highest BCUT2D eigenvalue weighted by molar-refractivity contribution is 6.09. The third kappa shape index (κ3) is 4.65. The Bertz CT molecular complexity index is 3050. The lowest BCUT2D eigenvalue weighted by molar-refractivity contribution is 0.676. The molecule has 0 N–H and O–H groups in total. The molecular formula is C57H39N. The van der Waals surface area contributed by atoms with E-state index in [2.05, 4.69) is 218 Å². The minimum absolute atomic E-state index is 0.608. The summed E-state index contributed by atoms with van der Waals surface area (Å²) >= 11 is 0. The average Bonchev–Trinajstić information content (AvgIpc) is 3.98. The zero-order valence-electron chi connectivity index (χ0n) is 32.3. The summed E-state index contributed by atoms with van der Waals surface area (Å²) < 4.78 is 0. The van der Waals surface area contributed by atoms with Crippen molar-refractivity contribution in [2.45, 2.75) is 13.3 Å². The number of allylic oxidation sites excluding steroid dienone is 7. The van der Waals surface area contributed by atoms with Crippen molar-refractivity contribution in [3.63, 3.8) is 0 Å². The van der Waals surface area contributed by atoms with Crippen molar-refractivity contribution in [2.24, 2.45) is 5.41 Å². The SMILES string of the molecule is Cc1ccccc1N(C1=CC=C2C(=Cc3ccccc32)C12C=CC=C1C2=Cc2ccccc21)c1c2c(cc(-c3ccccc3)c1-c1ccccc1)-c1ccccc1C2. The zero-order chi connectivity index (χ0) is 38.4. The molecule has 58 heavy (non-hydrogen) atoms. The maximum absolute atomic E-state index is 2.68. The Morgan fingerprint density at radius 1 is 0.500 bits per heavy atom. The van der Waals surface area contributed by atoms with E-state index in [-0.39, 0.29) is 0 Å². The van der Waals surface area contributed by atoms with Crippen molar-refractivity contribution in [3.8, 4) is 33.4 Å². The van der Waals surface area contributed by atoms with Gasteiger partial charge in [-0.15, -0.1) is 0 Å². The van der Waals surface area contributed by atoms with Crippen LogP contribution >= 0.6 is 0 Å². The summed E-state index contributed by atoms with van der Waals surface area (Å²) in [6.07, 6.45) is 17.8. The Labute approximate surface area is 340 Å². The minimum Gasteiger partial charge on any atom is -0.311 e. The van der Waals surface area contributed by atoms with Crippen molar-refractivity contribution in [3.05, 3.63) is 250 Å². The van der Waals surface area contributed by atoms with Gasteiger partial charge < -0.3 is 4.90 Å². The van der Waals surface area contributed by atoms with Gasteiger partial charge in [0.25, 0.3) is 0 Å². The first kappa shape index (κ1) is 33.0. The molecular weight excluding hydrogens is 699 g/mol. The van der Waals surface area contributed by atoms with E-state index in [1.807, 2.05) is 0 Å². The van der Waals surface area contributed by atoms with E-state index in [0.717, 1.165) is 6.42 Å². The van der Waals surface area contributed by atoms with Gasteiger partial charge in [-0.05, 0) is 126 Å². The predicted molar refractivity (Wildman–Crippen MR) is 243 cm³/mol. The number of hydrogen-bond acceptors (Lipinski definition) is 1. The molecule has 1 atom stereocenters. The normalized spacial score (nSPS) is 17.5. The van der Waals surface area contributed by atoms with Gasteiger partial charge in [0.15, 0.2) is 0 Å². The first-order valence-corrected chi connectivity index (χ1v) is 20.4. The molecule has 272 valence electrons. The summed E-state index contributed by atoms with van der Waals surface area (Å²) in [4.78, 5) is 2.68. The summed E-state index contributed by atoms with van der Waals surface area (Å²) in [5.74, 6) is 0. The van der Waals surface area contributed by atoms with Gasteiger partial charge >= 0.3 is 0 Å². The van der Waals surface area contributed by atoms with E-state index in [9.17, 15) is 0 Å². The number of hydrogen-bond donors (Lipinski definition) is 0. The molecule has 7 aromatic carbocycles. The Kier molecular flexibility index (Phi) is 7.19. The second-order valence-corrected chi connectivity index (χ2v) is 16.0. The Morgan fingerprint density at radius 2 is 1.09 bits per heavy atom. The molecule has 0 saturated heterocycles. The van der Waals surface area contributed by atoms with Crippen molar-refractivity contribution < 1.29 is 0 Å². The molecule has 5 aliphatic rings. The van der Waals surface area contributed by atoms with Gasteiger partial charge in [-0.3, -0.25) is 0 Å². The molecule has 0 heterocycles. The van der Waals surface area contributed by atoms with E-state index in [1.165, 1.54) is 112 Å². The second-order valence-electron chi connectivity index (χ2n) is 16.0. The Morgan fingerprint density at radius 3 is 1.79 bits per heavy atom. The van der Waals surface area contributed by atoms with Gasteiger partial charge in [0.1, 0.15) is 0 Å². The van der Waals surface area contributed by atoms with Crippen molar-refractivity contribution in [1.82, 2.24) is 0 Å². The first-order chi connectivity index (χ1) is 28.7. The topological polar surface area (TPSA) is 3.24 Å². The summed E-state index contributed by atoms with van der Waals surface area (Å²) in [7, 11) is 0. The highest BCUT2D eigenvalue weighted by Crippen LogP contribution is 2.64. The largest absolute Gasteiger partial charge is 0.311 e. The maximum Gasteiger partial charge on any atom is 0.0803 e. The molecule has 0 aliphatic heterocycles. The quantitative estimate of drug-likeness (QED) is 0.170. The molecule has 5 aliphatic carbocycles. The highest BCUT2D eigenvalue weighted by Gasteiger charge is 2.51. The molecule has 1 nitrogen and oxygen atoms in total. The van der Waals surface area contributed by atoms with Gasteiger partial charge in [-0.25, -0.2) is 0 Å². The molecule has 1 unspecified atom stereocenters. The Hall–Kier alpha value is -7.22. The van der Waals surface area contributed by atoms with Crippen LogP contribution in [0.1, 0.15) is 38.9 Å². The number of para-hydroxylation sites is 1. The fraction of sp³-hybridized carbons (Fsp3) is 0.0526. The molecule has 0 fully saturated rings. The molecule has 1 heteroatoms. The number of fused-ring (bicyclic) bond motifs is 11. The van der Waals surface area contributed by atoms with Crippen molar-refractivity contribution >= 4 is 34.7 Å². The molecule has 0 amide bonds. The van der Waals surface area contributed by atoms with Gasteiger partial charge in [-0.2, -0.15) is 0 Å². The lowest BCUT2D eigenvalue weighted by Crippen LogP contribution is -2.38. The van der Waals surface area contributed by atoms with Gasteiger partial charge in [0.2, 0.25) is 0 Å². The van der Waals surface area contributed by atoms with Crippen molar-refractivity contribution in [2.75, 3.05) is 4.90 Å². The molecule has 0 saturated carbocycles. The van der Waals surface area contributed by atoms with Crippen LogP contribution in [0.25, 0.3) is 56.7 Å². The molecule has 0 bridgehead atoms. The molecule has 12 rings (SSSR count). The smallest absolute Gasteiger partial charge is 0.0803 e.